The zero-order chi connectivity index (χ0) is 15.2. The van der Waals surface area contributed by atoms with Crippen molar-refractivity contribution in [3.63, 3.8) is 0 Å². The van der Waals surface area contributed by atoms with E-state index in [1.807, 2.05) is 56.3 Å². The molecular weight excluding hydrogens is 264 g/mol. The zero-order valence-electron chi connectivity index (χ0n) is 12.6. The highest BCUT2D eigenvalue weighted by molar-refractivity contribution is 5.95. The van der Waals surface area contributed by atoms with Crippen molar-refractivity contribution in [3.8, 4) is 5.75 Å². The van der Waals surface area contributed by atoms with Gasteiger partial charge in [0.2, 0.25) is 5.91 Å². The number of hydrogen-bond acceptors (Lipinski definition) is 3. The number of hydrogen-bond donors (Lipinski definition) is 2. The van der Waals surface area contributed by atoms with Gasteiger partial charge >= 0.3 is 0 Å². The molecule has 2 aromatic rings. The summed E-state index contributed by atoms with van der Waals surface area (Å²) in [7, 11) is 1.62. The number of amides is 1. The van der Waals surface area contributed by atoms with Gasteiger partial charge in [-0.15, -0.1) is 0 Å². The number of rotatable bonds is 5. The summed E-state index contributed by atoms with van der Waals surface area (Å²) in [5, 5.41) is 6.03. The highest BCUT2D eigenvalue weighted by Gasteiger charge is 2.07. The SMILES string of the molecule is COc1cccc(NCC(=O)Nc2c(C)cccc2C)c1. The third kappa shape index (κ3) is 3.99. The second-order valence-electron chi connectivity index (χ2n) is 4.90. The summed E-state index contributed by atoms with van der Waals surface area (Å²) in [6.07, 6.45) is 0. The molecule has 0 aliphatic carbocycles. The zero-order valence-corrected chi connectivity index (χ0v) is 12.6. The number of benzene rings is 2. The van der Waals surface area contributed by atoms with Crippen molar-refractivity contribution < 1.29 is 9.53 Å². The number of aryl methyl sites for hydroxylation is 2. The van der Waals surface area contributed by atoms with Crippen LogP contribution < -0.4 is 15.4 Å². The van der Waals surface area contributed by atoms with Crippen LogP contribution in [0.5, 0.6) is 5.75 Å². The molecule has 1 amide bonds. The van der Waals surface area contributed by atoms with Crippen molar-refractivity contribution in [3.05, 3.63) is 53.6 Å². The van der Waals surface area contributed by atoms with Gasteiger partial charge in [-0.3, -0.25) is 4.79 Å². The number of nitrogens with one attached hydrogen (secondary N) is 2. The van der Waals surface area contributed by atoms with Crippen LogP contribution in [0, 0.1) is 13.8 Å². The lowest BCUT2D eigenvalue weighted by Gasteiger charge is -2.12. The van der Waals surface area contributed by atoms with Gasteiger partial charge in [-0.25, -0.2) is 0 Å². The van der Waals surface area contributed by atoms with E-state index in [0.717, 1.165) is 28.3 Å². The Morgan fingerprint density at radius 3 is 2.43 bits per heavy atom. The standard InChI is InChI=1S/C17H20N2O2/c1-12-6-4-7-13(2)17(12)19-16(20)11-18-14-8-5-9-15(10-14)21-3/h4-10,18H,11H2,1-3H3,(H,19,20). The Labute approximate surface area is 125 Å². The summed E-state index contributed by atoms with van der Waals surface area (Å²) >= 11 is 0. The molecule has 4 nitrogen and oxygen atoms in total. The normalized spacial score (nSPS) is 10.0. The highest BCUT2D eigenvalue weighted by Crippen LogP contribution is 2.19. The lowest BCUT2D eigenvalue weighted by atomic mass is 10.1. The van der Waals surface area contributed by atoms with E-state index in [1.54, 1.807) is 7.11 Å². The van der Waals surface area contributed by atoms with Crippen LogP contribution in [0.1, 0.15) is 11.1 Å². The van der Waals surface area contributed by atoms with Crippen LogP contribution in [0.15, 0.2) is 42.5 Å². The largest absolute Gasteiger partial charge is 0.497 e. The molecular formula is C17H20N2O2. The maximum atomic E-state index is 12.0. The van der Waals surface area contributed by atoms with Crippen molar-refractivity contribution in [1.82, 2.24) is 0 Å². The minimum Gasteiger partial charge on any atom is -0.497 e. The van der Waals surface area contributed by atoms with Crippen LogP contribution in [-0.2, 0) is 4.79 Å². The van der Waals surface area contributed by atoms with Crippen molar-refractivity contribution in [2.24, 2.45) is 0 Å². The average Bonchev–Trinajstić information content (AvgIpc) is 2.49. The van der Waals surface area contributed by atoms with Gasteiger partial charge in [-0.2, -0.15) is 0 Å². The van der Waals surface area contributed by atoms with Gasteiger partial charge in [-0.05, 0) is 37.1 Å². The van der Waals surface area contributed by atoms with Gasteiger partial charge in [0, 0.05) is 17.4 Å². The highest BCUT2D eigenvalue weighted by atomic mass is 16.5. The molecule has 0 saturated carbocycles. The molecule has 0 aliphatic rings. The molecule has 0 bridgehead atoms. The van der Waals surface area contributed by atoms with E-state index in [2.05, 4.69) is 10.6 Å². The van der Waals surface area contributed by atoms with Gasteiger partial charge in [0.1, 0.15) is 5.75 Å². The van der Waals surface area contributed by atoms with Crippen LogP contribution >= 0.6 is 0 Å². The fourth-order valence-electron chi connectivity index (χ4n) is 2.11. The summed E-state index contributed by atoms with van der Waals surface area (Å²) in [5.41, 5.74) is 3.86. The van der Waals surface area contributed by atoms with Crippen LogP contribution in [0.4, 0.5) is 11.4 Å². The summed E-state index contributed by atoms with van der Waals surface area (Å²) < 4.78 is 5.15. The first-order valence-corrected chi connectivity index (χ1v) is 6.84. The van der Waals surface area contributed by atoms with Crippen LogP contribution in [0.2, 0.25) is 0 Å². The van der Waals surface area contributed by atoms with Crippen molar-refractivity contribution in [2.75, 3.05) is 24.3 Å². The van der Waals surface area contributed by atoms with Crippen LogP contribution in [0.25, 0.3) is 0 Å². The molecule has 0 aliphatic heterocycles. The van der Waals surface area contributed by atoms with E-state index in [-0.39, 0.29) is 12.5 Å². The van der Waals surface area contributed by atoms with E-state index in [9.17, 15) is 4.79 Å². The minimum atomic E-state index is -0.0739. The number of carbonyl (C=O) groups excluding carboxylic acids is 1. The van der Waals surface area contributed by atoms with Crippen LogP contribution in [0.3, 0.4) is 0 Å². The molecule has 0 spiro atoms. The topological polar surface area (TPSA) is 50.4 Å². The van der Waals surface area contributed by atoms with Crippen molar-refractivity contribution in [2.45, 2.75) is 13.8 Å². The van der Waals surface area contributed by atoms with Gasteiger partial charge in [0.15, 0.2) is 0 Å². The lowest BCUT2D eigenvalue weighted by molar-refractivity contribution is -0.114. The Balaban J connectivity index is 1.96. The second-order valence-corrected chi connectivity index (χ2v) is 4.90. The summed E-state index contributed by atoms with van der Waals surface area (Å²) in [6.45, 7) is 4.18. The average molecular weight is 284 g/mol. The number of anilines is 2. The van der Waals surface area contributed by atoms with Gasteiger partial charge in [0.25, 0.3) is 0 Å². The van der Waals surface area contributed by atoms with Crippen molar-refractivity contribution >= 4 is 17.3 Å². The summed E-state index contributed by atoms with van der Waals surface area (Å²) in [5.74, 6) is 0.686. The minimum absolute atomic E-state index is 0.0739. The Morgan fingerprint density at radius 2 is 1.76 bits per heavy atom. The van der Waals surface area contributed by atoms with Crippen molar-refractivity contribution in [1.29, 1.82) is 0 Å². The molecule has 0 radical (unpaired) electrons. The molecule has 0 atom stereocenters. The monoisotopic (exact) mass is 284 g/mol. The molecule has 0 heterocycles. The first-order valence-electron chi connectivity index (χ1n) is 6.84. The Bertz CT molecular complexity index is 618. The number of ether oxygens (including phenoxy) is 1. The van der Waals surface area contributed by atoms with E-state index in [4.69, 9.17) is 4.74 Å². The maximum absolute atomic E-state index is 12.0. The molecule has 0 fully saturated rings. The summed E-state index contributed by atoms with van der Waals surface area (Å²) in [4.78, 5) is 12.0. The Morgan fingerprint density at radius 1 is 1.10 bits per heavy atom. The van der Waals surface area contributed by atoms with E-state index < -0.39 is 0 Å². The summed E-state index contributed by atoms with van der Waals surface area (Å²) in [6, 6.07) is 13.4. The maximum Gasteiger partial charge on any atom is 0.243 e. The first-order chi connectivity index (χ1) is 10.1. The molecule has 110 valence electrons. The molecule has 21 heavy (non-hydrogen) atoms. The molecule has 2 aromatic carbocycles. The number of carbonyl (C=O) groups is 1. The Hall–Kier alpha value is -2.49. The molecule has 2 N–H and O–H groups in total. The van der Waals surface area contributed by atoms with E-state index in [0.29, 0.717) is 0 Å². The fraction of sp³-hybridized carbons (Fsp3) is 0.235. The quantitative estimate of drug-likeness (QED) is 0.885. The third-order valence-electron chi connectivity index (χ3n) is 3.27. The molecule has 0 saturated heterocycles. The number of para-hydroxylation sites is 1. The molecule has 0 unspecified atom stereocenters. The predicted octanol–water partition coefficient (Wildman–Crippen LogP) is 3.36. The predicted molar refractivity (Wildman–Crippen MR) is 86.0 cm³/mol. The van der Waals surface area contributed by atoms with E-state index in [1.165, 1.54) is 0 Å². The first kappa shape index (κ1) is 14.9. The van der Waals surface area contributed by atoms with Crippen LogP contribution in [-0.4, -0.2) is 19.6 Å². The second kappa shape index (κ2) is 6.79. The lowest BCUT2D eigenvalue weighted by Crippen LogP contribution is -2.22. The Kier molecular flexibility index (Phi) is 4.82. The smallest absolute Gasteiger partial charge is 0.243 e. The molecule has 2 rings (SSSR count). The molecule has 0 aromatic heterocycles. The third-order valence-corrected chi connectivity index (χ3v) is 3.27. The van der Waals surface area contributed by atoms with Gasteiger partial charge in [0.05, 0.1) is 13.7 Å². The fourth-order valence-corrected chi connectivity index (χ4v) is 2.11. The molecule has 4 heteroatoms. The van der Waals surface area contributed by atoms with Gasteiger partial charge in [-0.1, -0.05) is 24.3 Å². The van der Waals surface area contributed by atoms with Gasteiger partial charge < -0.3 is 15.4 Å². The van der Waals surface area contributed by atoms with E-state index >= 15 is 0 Å². The number of methoxy groups -OCH3 is 1.